The van der Waals surface area contributed by atoms with Crippen molar-refractivity contribution in [2.75, 3.05) is 39.3 Å². The number of carbonyl (C=O) groups excluding carboxylic acids is 3. The zero-order chi connectivity index (χ0) is 51.3. The average molecular weight is 1110 g/mol. The normalized spacial score (nSPS) is 20.4. The van der Waals surface area contributed by atoms with Gasteiger partial charge in [-0.15, -0.1) is 0 Å². The summed E-state index contributed by atoms with van der Waals surface area (Å²) in [6, 6.07) is 50.2. The summed E-state index contributed by atoms with van der Waals surface area (Å²) in [5, 5.41) is 5.73. The molecule has 9 nitrogen and oxygen atoms in total. The average Bonchev–Trinajstić information content (AvgIpc) is 3.37. The summed E-state index contributed by atoms with van der Waals surface area (Å²) in [7, 11) is -1.85. The number of piperazine rings is 2. The minimum Gasteiger partial charge on any atom is -1.00 e. The number of carbonyl (C=O) groups is 3. The third-order valence-electron chi connectivity index (χ3n) is 13.7. The number of nitrogens with zero attached hydrogens (tertiary/aromatic N) is 4. The van der Waals surface area contributed by atoms with Crippen molar-refractivity contribution in [2.24, 2.45) is 0 Å². The molecule has 0 bridgehead atoms. The van der Waals surface area contributed by atoms with E-state index in [1.807, 2.05) is 76.8 Å². The van der Waals surface area contributed by atoms with Crippen molar-refractivity contribution in [1.29, 1.82) is 0 Å². The summed E-state index contributed by atoms with van der Waals surface area (Å²) >= 11 is 12.4. The molecule has 4 aliphatic rings. The van der Waals surface area contributed by atoms with Gasteiger partial charge in [-0.05, 0) is 152 Å². The second kappa shape index (κ2) is 26.8. The molecule has 390 valence electrons. The van der Waals surface area contributed by atoms with Crippen LogP contribution in [0.3, 0.4) is 0 Å². The Morgan fingerprint density at radius 3 is 1.45 bits per heavy atom. The van der Waals surface area contributed by atoms with Crippen LogP contribution in [0.1, 0.15) is 91.2 Å². The zero-order valence-corrected chi connectivity index (χ0v) is 47.4. The largest absolute Gasteiger partial charge is 1.00 e. The lowest BCUT2D eigenvalue weighted by molar-refractivity contribution is -0.116. The zero-order valence-electron chi connectivity index (χ0n) is 43.4. The number of halogens is 3. The molecule has 13 heteroatoms. The Bertz CT molecular complexity index is 2470. The van der Waals surface area contributed by atoms with Gasteiger partial charge < -0.3 is 41.0 Å². The molecule has 4 aliphatic heterocycles. The van der Waals surface area contributed by atoms with Crippen LogP contribution in [0.15, 0.2) is 146 Å². The Morgan fingerprint density at radius 1 is 0.575 bits per heavy atom. The summed E-state index contributed by atoms with van der Waals surface area (Å²) in [6.07, 6.45) is 12.6. The second-order valence-corrected chi connectivity index (χ2v) is 25.6. The van der Waals surface area contributed by atoms with Gasteiger partial charge in [-0.25, -0.2) is 9.59 Å². The maximum absolute atomic E-state index is 12.4. The topological polar surface area (TPSA) is 82.6 Å². The SMILES string of the molecule is CC(C)(C)OC(=O)N1CCN2[C@@H](CCC[C@@H]2/C=C/c2cccc(Cl)c2)C1.CC(C)(C)OC(=O)N1CCN2[C@@H](CCC[C@@H]2C=O)C1.Clc1cccc(C[P+](c2ccccc2)(c2ccccc2)c2ccccc2)c1.[Br-]. The van der Waals surface area contributed by atoms with Crippen molar-refractivity contribution in [3.05, 3.63) is 167 Å². The minimum absolute atomic E-state index is 0. The van der Waals surface area contributed by atoms with E-state index < -0.39 is 18.5 Å². The molecule has 5 aromatic rings. The number of rotatable bonds is 8. The van der Waals surface area contributed by atoms with Crippen molar-refractivity contribution < 1.29 is 40.8 Å². The second-order valence-electron chi connectivity index (χ2n) is 21.3. The number of hydrogen-bond acceptors (Lipinski definition) is 7. The van der Waals surface area contributed by atoms with E-state index in [0.29, 0.717) is 31.2 Å². The van der Waals surface area contributed by atoms with Gasteiger partial charge in [0.2, 0.25) is 0 Å². The first-order chi connectivity index (χ1) is 34.5. The number of ether oxygens (including phenoxy) is 2. The highest BCUT2D eigenvalue weighted by Crippen LogP contribution is 2.58. The first kappa shape index (κ1) is 57.7. The van der Waals surface area contributed by atoms with Crippen LogP contribution in [0.5, 0.6) is 0 Å². The Hall–Kier alpha value is -4.54. The molecule has 4 atom stereocenters. The molecule has 0 saturated carbocycles. The first-order valence-corrected chi connectivity index (χ1v) is 28.4. The van der Waals surface area contributed by atoms with Gasteiger partial charge in [0.15, 0.2) is 0 Å². The molecule has 73 heavy (non-hydrogen) atoms. The van der Waals surface area contributed by atoms with Crippen molar-refractivity contribution in [1.82, 2.24) is 19.6 Å². The third kappa shape index (κ3) is 16.2. The predicted molar refractivity (Wildman–Crippen MR) is 299 cm³/mol. The van der Waals surface area contributed by atoms with E-state index in [1.165, 1.54) is 34.3 Å². The van der Waals surface area contributed by atoms with E-state index in [4.69, 9.17) is 32.7 Å². The summed E-state index contributed by atoms with van der Waals surface area (Å²) < 4.78 is 11.0. The van der Waals surface area contributed by atoms with Crippen molar-refractivity contribution >= 4 is 70.9 Å². The molecule has 4 fully saturated rings. The Morgan fingerprint density at radius 2 is 1.01 bits per heavy atom. The van der Waals surface area contributed by atoms with Crippen LogP contribution in [0.2, 0.25) is 10.0 Å². The number of fused-ring (bicyclic) bond motifs is 2. The number of benzene rings is 5. The summed E-state index contributed by atoms with van der Waals surface area (Å²) in [5.74, 6) is 0. The molecule has 0 unspecified atom stereocenters. The van der Waals surface area contributed by atoms with E-state index in [2.05, 4.69) is 131 Å². The number of piperidine rings is 2. The Balaban J connectivity index is 0.000000180. The van der Waals surface area contributed by atoms with Gasteiger partial charge in [0, 0.05) is 67.4 Å². The molecule has 2 amide bonds. The van der Waals surface area contributed by atoms with Gasteiger partial charge in [-0.2, -0.15) is 0 Å². The number of aldehydes is 1. The summed E-state index contributed by atoms with van der Waals surface area (Å²) in [5.41, 5.74) is 1.51. The van der Waals surface area contributed by atoms with Gasteiger partial charge in [-0.3, -0.25) is 9.80 Å². The Kier molecular flexibility index (Phi) is 21.2. The molecular formula is C60H74BrCl2N4O5P. The molecule has 4 saturated heterocycles. The van der Waals surface area contributed by atoms with Gasteiger partial charge >= 0.3 is 12.2 Å². The lowest BCUT2D eigenvalue weighted by atomic mass is 9.93. The lowest BCUT2D eigenvalue weighted by Crippen LogP contribution is -3.00. The van der Waals surface area contributed by atoms with Crippen molar-refractivity contribution in [2.45, 2.75) is 122 Å². The van der Waals surface area contributed by atoms with Gasteiger partial charge in [0.05, 0.1) is 12.2 Å². The van der Waals surface area contributed by atoms with E-state index in [1.54, 1.807) is 4.90 Å². The van der Waals surface area contributed by atoms with E-state index in [0.717, 1.165) is 79.9 Å². The van der Waals surface area contributed by atoms with Crippen molar-refractivity contribution in [3.8, 4) is 0 Å². The van der Waals surface area contributed by atoms with Crippen LogP contribution in [0, 0.1) is 0 Å². The van der Waals surface area contributed by atoms with Gasteiger partial charge in [0.1, 0.15) is 40.7 Å². The first-order valence-electron chi connectivity index (χ1n) is 25.7. The number of hydrogen-bond donors (Lipinski definition) is 0. The van der Waals surface area contributed by atoms with Crippen molar-refractivity contribution in [3.63, 3.8) is 0 Å². The monoisotopic (exact) mass is 1110 g/mol. The van der Waals surface area contributed by atoms with Crippen LogP contribution in [0.25, 0.3) is 6.08 Å². The highest BCUT2D eigenvalue weighted by Gasteiger charge is 2.45. The maximum Gasteiger partial charge on any atom is 0.410 e. The Labute approximate surface area is 456 Å². The van der Waals surface area contributed by atoms with Gasteiger partial charge in [-0.1, -0.05) is 114 Å². The molecule has 9 rings (SSSR count). The molecule has 5 aromatic carbocycles. The van der Waals surface area contributed by atoms with Crippen LogP contribution in [0.4, 0.5) is 9.59 Å². The molecular weight excluding hydrogens is 1040 g/mol. The summed E-state index contributed by atoms with van der Waals surface area (Å²) in [6.45, 7) is 15.9. The lowest BCUT2D eigenvalue weighted by Gasteiger charge is -2.47. The molecule has 0 aliphatic carbocycles. The molecule has 0 aromatic heterocycles. The van der Waals surface area contributed by atoms with E-state index in [-0.39, 0.29) is 35.2 Å². The molecule has 0 radical (unpaired) electrons. The van der Waals surface area contributed by atoms with Crippen LogP contribution in [-0.4, -0.2) is 113 Å². The van der Waals surface area contributed by atoms with Crippen LogP contribution < -0.4 is 32.9 Å². The van der Waals surface area contributed by atoms with Crippen LogP contribution in [-0.2, 0) is 20.4 Å². The molecule has 4 heterocycles. The fourth-order valence-corrected chi connectivity index (χ4v) is 15.1. The van der Waals surface area contributed by atoms with Gasteiger partial charge in [0.25, 0.3) is 0 Å². The van der Waals surface area contributed by atoms with E-state index >= 15 is 0 Å². The molecule has 0 spiro atoms. The van der Waals surface area contributed by atoms with E-state index in [9.17, 15) is 14.4 Å². The third-order valence-corrected chi connectivity index (χ3v) is 18.6. The highest BCUT2D eigenvalue weighted by molar-refractivity contribution is 7.95. The standard InChI is InChI=1S/C25H21ClP.C21H29ClN2O2.C14H24N2O3.BrH/c26-22-12-10-11-21(19-22)20-27(23-13-4-1-5-14-23,24-15-6-2-7-16-24)25-17-8-3-9-18-25;1-21(2,3)26-20(25)23-12-13-24-18(8-5-9-19(24)15-23)11-10-16-6-4-7-17(22)14-16;1-14(2,3)19-13(18)15-7-8-16-11(9-15)5-4-6-12(16)10-17;/h1-19H,20H2;4,6-7,10-11,14,18-19H,5,8-9,12-13,15H2,1-3H3;10-12H,4-9H2,1-3H3;1H/q+1;;;/p-1/b;11-10+;;/t;18-,19+;11-,12+;/m.10./s1. The van der Waals surface area contributed by atoms with Crippen LogP contribution >= 0.6 is 30.5 Å². The summed E-state index contributed by atoms with van der Waals surface area (Å²) in [4.78, 5) is 43.9. The molecule has 0 N–H and O–H groups in total. The minimum atomic E-state index is -1.85. The predicted octanol–water partition coefficient (Wildman–Crippen LogP) is 9.32. The fraction of sp³-hybridized carbons (Fsp3) is 0.417. The fourth-order valence-electron chi connectivity index (χ4n) is 10.4. The number of amides is 2. The maximum atomic E-state index is 12.4. The highest BCUT2D eigenvalue weighted by atomic mass is 79.9. The quantitative estimate of drug-likeness (QED) is 0.113. The smallest absolute Gasteiger partial charge is 0.410 e.